The summed E-state index contributed by atoms with van der Waals surface area (Å²) in [5, 5.41) is 2.95. The second kappa shape index (κ2) is 7.21. The van der Waals surface area contributed by atoms with Gasteiger partial charge in [-0.2, -0.15) is 0 Å². The van der Waals surface area contributed by atoms with Crippen LogP contribution in [0.2, 0.25) is 0 Å². The summed E-state index contributed by atoms with van der Waals surface area (Å²) < 4.78 is 1.85. The van der Waals surface area contributed by atoms with E-state index in [9.17, 15) is 4.79 Å². The van der Waals surface area contributed by atoms with Crippen LogP contribution in [-0.2, 0) is 0 Å². The SMILES string of the molecule is Cc1ccc(-n2ccnc2)c(NC(=O)c2cnc(-c3ccccc3)nc2)c1. The molecule has 0 saturated heterocycles. The van der Waals surface area contributed by atoms with Crippen molar-refractivity contribution in [3.05, 3.63) is 90.8 Å². The highest BCUT2D eigenvalue weighted by Crippen LogP contribution is 2.22. The topological polar surface area (TPSA) is 72.7 Å². The maximum absolute atomic E-state index is 12.7. The van der Waals surface area contributed by atoms with Crippen LogP contribution in [0.5, 0.6) is 0 Å². The van der Waals surface area contributed by atoms with Crippen LogP contribution in [-0.4, -0.2) is 25.4 Å². The molecule has 6 nitrogen and oxygen atoms in total. The fourth-order valence-electron chi connectivity index (χ4n) is 2.75. The number of anilines is 1. The fourth-order valence-corrected chi connectivity index (χ4v) is 2.75. The molecule has 1 amide bonds. The summed E-state index contributed by atoms with van der Waals surface area (Å²) in [6.07, 6.45) is 8.30. The monoisotopic (exact) mass is 355 g/mol. The number of rotatable bonds is 4. The Hall–Kier alpha value is -3.80. The Morgan fingerprint density at radius 3 is 2.52 bits per heavy atom. The molecule has 132 valence electrons. The van der Waals surface area contributed by atoms with Crippen molar-refractivity contribution < 1.29 is 4.79 Å². The number of hydrogen-bond donors (Lipinski definition) is 1. The predicted octanol–water partition coefficient (Wildman–Crippen LogP) is 3.89. The summed E-state index contributed by atoms with van der Waals surface area (Å²) in [4.78, 5) is 25.4. The minimum atomic E-state index is -0.262. The third-order valence-corrected chi connectivity index (χ3v) is 4.13. The van der Waals surface area contributed by atoms with Gasteiger partial charge in [-0.15, -0.1) is 0 Å². The number of hydrogen-bond acceptors (Lipinski definition) is 4. The van der Waals surface area contributed by atoms with Crippen LogP contribution in [0.25, 0.3) is 17.1 Å². The second-order valence-electron chi connectivity index (χ2n) is 6.11. The Morgan fingerprint density at radius 2 is 1.81 bits per heavy atom. The number of benzene rings is 2. The molecular weight excluding hydrogens is 338 g/mol. The van der Waals surface area contributed by atoms with Crippen LogP contribution < -0.4 is 5.32 Å². The first kappa shape index (κ1) is 16.7. The number of imidazole rings is 1. The number of amides is 1. The lowest BCUT2D eigenvalue weighted by Gasteiger charge is -2.12. The number of aryl methyl sites for hydroxylation is 1. The van der Waals surface area contributed by atoms with Gasteiger partial charge in [-0.1, -0.05) is 36.4 Å². The maximum Gasteiger partial charge on any atom is 0.258 e. The standard InChI is InChI=1S/C21H17N5O/c1-15-7-8-19(26-10-9-22-14-26)18(11-15)25-21(27)17-12-23-20(24-13-17)16-5-3-2-4-6-16/h2-14H,1H3,(H,25,27). The molecule has 2 aromatic heterocycles. The second-order valence-corrected chi connectivity index (χ2v) is 6.11. The van der Waals surface area contributed by atoms with Gasteiger partial charge in [0.1, 0.15) is 0 Å². The molecule has 1 N–H and O–H groups in total. The zero-order valence-corrected chi connectivity index (χ0v) is 14.7. The van der Waals surface area contributed by atoms with Crippen molar-refractivity contribution in [2.75, 3.05) is 5.32 Å². The zero-order valence-electron chi connectivity index (χ0n) is 14.7. The first-order valence-corrected chi connectivity index (χ1v) is 8.48. The summed E-state index contributed by atoms with van der Waals surface area (Å²) in [6, 6.07) is 15.5. The van der Waals surface area contributed by atoms with Crippen LogP contribution in [0.1, 0.15) is 15.9 Å². The lowest BCUT2D eigenvalue weighted by molar-refractivity contribution is 0.102. The molecule has 6 heteroatoms. The molecular formula is C21H17N5O. The van der Waals surface area contributed by atoms with Gasteiger partial charge in [0.15, 0.2) is 5.82 Å². The van der Waals surface area contributed by atoms with E-state index in [2.05, 4.69) is 20.3 Å². The molecule has 0 aliphatic rings. The van der Waals surface area contributed by atoms with Crippen LogP contribution in [0.3, 0.4) is 0 Å². The summed E-state index contributed by atoms with van der Waals surface area (Å²) in [7, 11) is 0. The number of nitrogens with one attached hydrogen (secondary N) is 1. The van der Waals surface area contributed by atoms with E-state index in [-0.39, 0.29) is 5.91 Å². The Kier molecular flexibility index (Phi) is 4.45. The minimum Gasteiger partial charge on any atom is -0.320 e. The third-order valence-electron chi connectivity index (χ3n) is 4.13. The quantitative estimate of drug-likeness (QED) is 0.603. The molecule has 0 radical (unpaired) electrons. The van der Waals surface area contributed by atoms with Crippen LogP contribution in [0.4, 0.5) is 5.69 Å². The van der Waals surface area contributed by atoms with Crippen molar-refractivity contribution in [1.29, 1.82) is 0 Å². The van der Waals surface area contributed by atoms with Crippen LogP contribution >= 0.6 is 0 Å². The van der Waals surface area contributed by atoms with Gasteiger partial charge in [-0.05, 0) is 24.6 Å². The third kappa shape index (κ3) is 3.59. The molecule has 0 aliphatic carbocycles. The Morgan fingerprint density at radius 1 is 1.04 bits per heavy atom. The van der Waals surface area contributed by atoms with E-state index >= 15 is 0 Å². The molecule has 4 aromatic rings. The van der Waals surface area contributed by atoms with E-state index < -0.39 is 0 Å². The van der Waals surface area contributed by atoms with E-state index in [0.717, 1.165) is 16.8 Å². The van der Waals surface area contributed by atoms with Crippen molar-refractivity contribution in [2.45, 2.75) is 6.92 Å². The van der Waals surface area contributed by atoms with Crippen LogP contribution in [0, 0.1) is 6.92 Å². The first-order valence-electron chi connectivity index (χ1n) is 8.48. The summed E-state index contributed by atoms with van der Waals surface area (Å²) in [6.45, 7) is 1.98. The zero-order chi connectivity index (χ0) is 18.6. The van der Waals surface area contributed by atoms with Gasteiger partial charge in [0, 0.05) is 30.4 Å². The number of carbonyl (C=O) groups excluding carboxylic acids is 1. The van der Waals surface area contributed by atoms with Gasteiger partial charge >= 0.3 is 0 Å². The van der Waals surface area contributed by atoms with Crippen LogP contribution in [0.15, 0.2) is 79.6 Å². The van der Waals surface area contributed by atoms with Gasteiger partial charge < -0.3 is 9.88 Å². The highest BCUT2D eigenvalue weighted by Gasteiger charge is 2.12. The molecule has 0 atom stereocenters. The van der Waals surface area contributed by atoms with E-state index in [1.165, 1.54) is 12.4 Å². The lowest BCUT2D eigenvalue weighted by Crippen LogP contribution is -2.14. The molecule has 27 heavy (non-hydrogen) atoms. The smallest absolute Gasteiger partial charge is 0.258 e. The van der Waals surface area contributed by atoms with Crippen molar-refractivity contribution in [2.24, 2.45) is 0 Å². The maximum atomic E-state index is 12.7. The van der Waals surface area contributed by atoms with Crippen molar-refractivity contribution in [1.82, 2.24) is 19.5 Å². The van der Waals surface area contributed by atoms with E-state index in [1.807, 2.05) is 66.2 Å². The predicted molar refractivity (Wildman–Crippen MR) is 104 cm³/mol. The highest BCUT2D eigenvalue weighted by atomic mass is 16.1. The van der Waals surface area contributed by atoms with Gasteiger partial charge in [0.05, 0.1) is 23.3 Å². The Labute approximate surface area is 156 Å². The summed E-state index contributed by atoms with van der Waals surface area (Å²) in [5.74, 6) is 0.323. The number of nitrogens with zero attached hydrogens (tertiary/aromatic N) is 4. The molecule has 2 aromatic carbocycles. The highest BCUT2D eigenvalue weighted by molar-refractivity contribution is 6.05. The Bertz CT molecular complexity index is 1060. The number of aromatic nitrogens is 4. The van der Waals surface area contributed by atoms with Crippen molar-refractivity contribution >= 4 is 11.6 Å². The minimum absolute atomic E-state index is 0.262. The first-order chi connectivity index (χ1) is 13.2. The van der Waals surface area contributed by atoms with Gasteiger partial charge in [0.2, 0.25) is 0 Å². The molecule has 0 aliphatic heterocycles. The molecule has 4 rings (SSSR count). The Balaban J connectivity index is 1.59. The average molecular weight is 355 g/mol. The normalized spacial score (nSPS) is 10.6. The number of carbonyl (C=O) groups is 1. The summed E-state index contributed by atoms with van der Waals surface area (Å²) in [5.41, 5.74) is 3.89. The van der Waals surface area contributed by atoms with Gasteiger partial charge in [-0.25, -0.2) is 15.0 Å². The molecule has 2 heterocycles. The van der Waals surface area contributed by atoms with Crippen molar-refractivity contribution in [3.63, 3.8) is 0 Å². The largest absolute Gasteiger partial charge is 0.320 e. The molecule has 0 bridgehead atoms. The molecule has 0 unspecified atom stereocenters. The summed E-state index contributed by atoms with van der Waals surface area (Å²) >= 11 is 0. The average Bonchev–Trinajstić information content (AvgIpc) is 3.23. The van der Waals surface area contributed by atoms with Crippen molar-refractivity contribution in [3.8, 4) is 17.1 Å². The van der Waals surface area contributed by atoms with E-state index in [4.69, 9.17) is 0 Å². The molecule has 0 saturated carbocycles. The van der Waals surface area contributed by atoms with E-state index in [1.54, 1.807) is 12.5 Å². The van der Waals surface area contributed by atoms with Gasteiger partial charge in [0.25, 0.3) is 5.91 Å². The van der Waals surface area contributed by atoms with Gasteiger partial charge in [-0.3, -0.25) is 4.79 Å². The lowest BCUT2D eigenvalue weighted by atomic mass is 10.1. The van der Waals surface area contributed by atoms with E-state index in [0.29, 0.717) is 17.1 Å². The molecule has 0 fully saturated rings. The molecule has 0 spiro atoms. The fraction of sp³-hybridized carbons (Fsp3) is 0.0476.